The first-order valence-corrected chi connectivity index (χ1v) is 6.28. The van der Waals surface area contributed by atoms with Gasteiger partial charge >= 0.3 is 0 Å². The standard InChI is InChI=1S/C9H14N2O2S/c1-8(14(2,12)13)7-11-9-3-5-10-6-4-9/h3-6,8H,7H2,1-2H3,(H,10,11). The van der Waals surface area contributed by atoms with Gasteiger partial charge in [-0.2, -0.15) is 0 Å². The zero-order chi connectivity index (χ0) is 10.6. The van der Waals surface area contributed by atoms with Crippen molar-refractivity contribution in [2.45, 2.75) is 12.2 Å². The van der Waals surface area contributed by atoms with Crippen molar-refractivity contribution in [1.82, 2.24) is 4.98 Å². The topological polar surface area (TPSA) is 59.1 Å². The summed E-state index contributed by atoms with van der Waals surface area (Å²) in [5.41, 5.74) is 0.885. The van der Waals surface area contributed by atoms with E-state index in [1.807, 2.05) is 0 Å². The Morgan fingerprint density at radius 1 is 1.43 bits per heavy atom. The molecule has 0 aliphatic rings. The van der Waals surface area contributed by atoms with Crippen molar-refractivity contribution in [2.24, 2.45) is 0 Å². The Hall–Kier alpha value is -1.10. The number of anilines is 1. The second kappa shape index (κ2) is 4.41. The van der Waals surface area contributed by atoms with Crippen LogP contribution in [0.1, 0.15) is 6.92 Å². The van der Waals surface area contributed by atoms with Gasteiger partial charge in [0.25, 0.3) is 0 Å². The van der Waals surface area contributed by atoms with E-state index < -0.39 is 9.84 Å². The lowest BCUT2D eigenvalue weighted by molar-refractivity contribution is 0.591. The van der Waals surface area contributed by atoms with E-state index in [2.05, 4.69) is 10.3 Å². The van der Waals surface area contributed by atoms with Crippen molar-refractivity contribution in [1.29, 1.82) is 0 Å². The Bertz CT molecular complexity index is 375. The molecule has 1 rings (SSSR count). The molecule has 0 spiro atoms. The van der Waals surface area contributed by atoms with Crippen LogP contribution in [0, 0.1) is 0 Å². The first kappa shape index (κ1) is 11.0. The summed E-state index contributed by atoms with van der Waals surface area (Å²) in [6.07, 6.45) is 4.56. The smallest absolute Gasteiger partial charge is 0.151 e. The minimum atomic E-state index is -2.95. The van der Waals surface area contributed by atoms with E-state index in [9.17, 15) is 8.42 Å². The molecule has 1 unspecified atom stereocenters. The summed E-state index contributed by atoms with van der Waals surface area (Å²) in [4.78, 5) is 3.86. The average molecular weight is 214 g/mol. The molecule has 14 heavy (non-hydrogen) atoms. The van der Waals surface area contributed by atoms with Crippen LogP contribution in [0.15, 0.2) is 24.5 Å². The van der Waals surface area contributed by atoms with Gasteiger partial charge < -0.3 is 5.32 Å². The lowest BCUT2D eigenvalue weighted by Crippen LogP contribution is -2.24. The van der Waals surface area contributed by atoms with Gasteiger partial charge in [0.15, 0.2) is 9.84 Å². The van der Waals surface area contributed by atoms with Crippen LogP contribution in [0.2, 0.25) is 0 Å². The molecule has 0 radical (unpaired) electrons. The van der Waals surface area contributed by atoms with Crippen LogP contribution >= 0.6 is 0 Å². The van der Waals surface area contributed by atoms with Crippen LogP contribution in [0.5, 0.6) is 0 Å². The fourth-order valence-electron chi connectivity index (χ4n) is 0.883. The van der Waals surface area contributed by atoms with Gasteiger partial charge in [-0.05, 0) is 19.1 Å². The number of pyridine rings is 1. The minimum absolute atomic E-state index is 0.379. The van der Waals surface area contributed by atoms with Gasteiger partial charge in [0, 0.05) is 30.9 Å². The molecule has 0 amide bonds. The molecule has 5 heteroatoms. The lowest BCUT2D eigenvalue weighted by atomic mass is 10.4. The maximum Gasteiger partial charge on any atom is 0.151 e. The van der Waals surface area contributed by atoms with Crippen LogP contribution < -0.4 is 5.32 Å². The highest BCUT2D eigenvalue weighted by molar-refractivity contribution is 7.91. The van der Waals surface area contributed by atoms with Crippen molar-refractivity contribution >= 4 is 15.5 Å². The molecule has 1 N–H and O–H groups in total. The highest BCUT2D eigenvalue weighted by atomic mass is 32.2. The summed E-state index contributed by atoms with van der Waals surface area (Å²) in [7, 11) is -2.95. The quantitative estimate of drug-likeness (QED) is 0.810. The van der Waals surface area contributed by atoms with Crippen molar-refractivity contribution in [3.05, 3.63) is 24.5 Å². The van der Waals surface area contributed by atoms with E-state index in [0.717, 1.165) is 5.69 Å². The minimum Gasteiger partial charge on any atom is -0.384 e. The van der Waals surface area contributed by atoms with E-state index in [1.54, 1.807) is 31.5 Å². The van der Waals surface area contributed by atoms with Crippen LogP contribution in [0.25, 0.3) is 0 Å². The first-order chi connectivity index (χ1) is 6.50. The predicted molar refractivity (Wildman–Crippen MR) is 57.0 cm³/mol. The third-order valence-electron chi connectivity index (χ3n) is 2.00. The van der Waals surface area contributed by atoms with Gasteiger partial charge in [-0.25, -0.2) is 8.42 Å². The second-order valence-electron chi connectivity index (χ2n) is 3.26. The Kier molecular flexibility index (Phi) is 3.46. The summed E-state index contributed by atoms with van der Waals surface area (Å²) in [5.74, 6) is 0. The molecule has 1 atom stereocenters. The van der Waals surface area contributed by atoms with Crippen molar-refractivity contribution in [3.63, 3.8) is 0 Å². The monoisotopic (exact) mass is 214 g/mol. The molecule has 0 aliphatic carbocycles. The molecule has 4 nitrogen and oxygen atoms in total. The van der Waals surface area contributed by atoms with Crippen LogP contribution in [0.4, 0.5) is 5.69 Å². The molecule has 0 saturated carbocycles. The highest BCUT2D eigenvalue weighted by Crippen LogP contribution is 2.05. The molecule has 0 aromatic carbocycles. The van der Waals surface area contributed by atoms with Crippen LogP contribution in [-0.2, 0) is 9.84 Å². The SMILES string of the molecule is CC(CNc1ccncc1)S(C)(=O)=O. The Balaban J connectivity index is 2.50. The number of nitrogens with one attached hydrogen (secondary N) is 1. The maximum absolute atomic E-state index is 11.1. The second-order valence-corrected chi connectivity index (χ2v) is 5.72. The molecule has 1 heterocycles. The summed E-state index contributed by atoms with van der Waals surface area (Å²) >= 11 is 0. The first-order valence-electron chi connectivity index (χ1n) is 4.33. The summed E-state index contributed by atoms with van der Waals surface area (Å²) in [6.45, 7) is 2.10. The molecule has 0 saturated heterocycles. The van der Waals surface area contributed by atoms with Crippen molar-refractivity contribution in [2.75, 3.05) is 18.1 Å². The average Bonchev–Trinajstić information content (AvgIpc) is 2.14. The molecule has 1 aromatic heterocycles. The van der Waals surface area contributed by atoms with E-state index in [1.165, 1.54) is 6.26 Å². The van der Waals surface area contributed by atoms with Gasteiger partial charge in [0.2, 0.25) is 0 Å². The van der Waals surface area contributed by atoms with Gasteiger partial charge in [0.05, 0.1) is 5.25 Å². The number of hydrogen-bond acceptors (Lipinski definition) is 4. The van der Waals surface area contributed by atoms with Gasteiger partial charge in [-0.1, -0.05) is 0 Å². The van der Waals surface area contributed by atoms with E-state index in [-0.39, 0.29) is 5.25 Å². The largest absolute Gasteiger partial charge is 0.384 e. The molecule has 78 valence electrons. The number of rotatable bonds is 4. The lowest BCUT2D eigenvalue weighted by Gasteiger charge is -2.11. The Labute approximate surface area is 84.3 Å². The molecule has 0 aliphatic heterocycles. The number of sulfone groups is 1. The number of nitrogens with zero attached hydrogens (tertiary/aromatic N) is 1. The third-order valence-corrected chi connectivity index (χ3v) is 3.63. The van der Waals surface area contributed by atoms with E-state index >= 15 is 0 Å². The fourth-order valence-corrected chi connectivity index (χ4v) is 1.27. The Morgan fingerprint density at radius 3 is 2.50 bits per heavy atom. The number of aromatic nitrogens is 1. The van der Waals surface area contributed by atoms with Gasteiger partial charge in [-0.3, -0.25) is 4.98 Å². The normalized spacial score (nSPS) is 13.6. The summed E-state index contributed by atoms with van der Waals surface area (Å²) in [6, 6.07) is 3.60. The summed E-state index contributed by atoms with van der Waals surface area (Å²) in [5, 5.41) is 2.65. The van der Waals surface area contributed by atoms with E-state index in [4.69, 9.17) is 0 Å². The third kappa shape index (κ3) is 3.33. The van der Waals surface area contributed by atoms with Crippen molar-refractivity contribution < 1.29 is 8.42 Å². The van der Waals surface area contributed by atoms with Gasteiger partial charge in [0.1, 0.15) is 0 Å². The zero-order valence-electron chi connectivity index (χ0n) is 8.27. The highest BCUT2D eigenvalue weighted by Gasteiger charge is 2.13. The van der Waals surface area contributed by atoms with Gasteiger partial charge in [-0.15, -0.1) is 0 Å². The molecule has 0 bridgehead atoms. The molecule has 1 aromatic rings. The van der Waals surface area contributed by atoms with Crippen LogP contribution in [0.3, 0.4) is 0 Å². The predicted octanol–water partition coefficient (Wildman–Crippen LogP) is 0.927. The maximum atomic E-state index is 11.1. The molecular formula is C9H14N2O2S. The fraction of sp³-hybridized carbons (Fsp3) is 0.444. The number of hydrogen-bond donors (Lipinski definition) is 1. The van der Waals surface area contributed by atoms with Crippen molar-refractivity contribution in [3.8, 4) is 0 Å². The molecule has 0 fully saturated rings. The molecular weight excluding hydrogens is 200 g/mol. The van der Waals surface area contributed by atoms with Crippen LogP contribution in [-0.4, -0.2) is 31.5 Å². The summed E-state index contributed by atoms with van der Waals surface area (Å²) < 4.78 is 22.2. The zero-order valence-corrected chi connectivity index (χ0v) is 9.08. The Morgan fingerprint density at radius 2 is 2.00 bits per heavy atom. The van der Waals surface area contributed by atoms with E-state index in [0.29, 0.717) is 6.54 Å².